The van der Waals surface area contributed by atoms with Crippen molar-refractivity contribution in [1.82, 2.24) is 0 Å². The summed E-state index contributed by atoms with van der Waals surface area (Å²) in [4.78, 5) is 0. The molecule has 0 aliphatic rings. The highest BCUT2D eigenvalue weighted by Gasteiger charge is 2.06. The molecule has 4 heteroatoms. The lowest BCUT2D eigenvalue weighted by atomic mass is 10.2. The van der Waals surface area contributed by atoms with Crippen molar-refractivity contribution in [1.29, 1.82) is 0 Å². The van der Waals surface area contributed by atoms with Crippen LogP contribution in [0, 0.1) is 11.6 Å². The second-order valence-electron chi connectivity index (χ2n) is 3.31. The Morgan fingerprint density at radius 3 is 2.19 bits per heavy atom. The monoisotopic (exact) mass is 220 g/mol. The maximum absolute atomic E-state index is 13.3. The van der Waals surface area contributed by atoms with Gasteiger partial charge in [-0.1, -0.05) is 18.2 Å². The molecule has 2 aromatic rings. The first-order valence-electron chi connectivity index (χ1n) is 4.74. The third-order valence-electron chi connectivity index (χ3n) is 2.20. The van der Waals surface area contributed by atoms with Crippen LogP contribution in [0.3, 0.4) is 0 Å². The van der Waals surface area contributed by atoms with Gasteiger partial charge in [0.1, 0.15) is 11.6 Å². The Morgan fingerprint density at radius 1 is 0.812 bits per heavy atom. The Balaban J connectivity index is 2.35. The van der Waals surface area contributed by atoms with Crippen LogP contribution in [-0.2, 0) is 0 Å². The number of hydrogen-bond acceptors (Lipinski definition) is 2. The average Bonchev–Trinajstić information content (AvgIpc) is 2.28. The Hall–Kier alpha value is -2.10. The van der Waals surface area contributed by atoms with Crippen LogP contribution >= 0.6 is 0 Å². The summed E-state index contributed by atoms with van der Waals surface area (Å²) in [5, 5.41) is 2.74. The highest BCUT2D eigenvalue weighted by molar-refractivity contribution is 5.72. The molecule has 2 aromatic carbocycles. The predicted octanol–water partition coefficient (Wildman–Crippen LogP) is 3.29. The summed E-state index contributed by atoms with van der Waals surface area (Å²) in [5.41, 5.74) is 6.11. The molecule has 2 nitrogen and oxygen atoms in total. The zero-order valence-corrected chi connectivity index (χ0v) is 8.37. The number of nitrogen functional groups attached to an aromatic ring is 1. The molecule has 0 unspecified atom stereocenters. The summed E-state index contributed by atoms with van der Waals surface area (Å²) in [6.45, 7) is 0. The average molecular weight is 220 g/mol. The van der Waals surface area contributed by atoms with E-state index >= 15 is 0 Å². The number of halogens is 2. The first-order valence-corrected chi connectivity index (χ1v) is 4.74. The largest absolute Gasteiger partial charge is 0.395 e. The summed E-state index contributed by atoms with van der Waals surface area (Å²) < 4.78 is 26.4. The van der Waals surface area contributed by atoms with Crippen LogP contribution in [0.4, 0.5) is 25.8 Å². The van der Waals surface area contributed by atoms with Crippen LogP contribution in [0.2, 0.25) is 0 Å². The molecule has 3 N–H and O–H groups in total. The van der Waals surface area contributed by atoms with E-state index in [1.807, 2.05) is 0 Å². The van der Waals surface area contributed by atoms with E-state index in [0.29, 0.717) is 5.69 Å². The Morgan fingerprint density at radius 2 is 1.44 bits per heavy atom. The van der Waals surface area contributed by atoms with Crippen molar-refractivity contribution in [2.75, 3.05) is 11.1 Å². The fraction of sp³-hybridized carbons (Fsp3) is 0. The summed E-state index contributed by atoms with van der Waals surface area (Å²) >= 11 is 0. The molecule has 0 amide bonds. The van der Waals surface area contributed by atoms with Crippen molar-refractivity contribution in [2.24, 2.45) is 0 Å². The second kappa shape index (κ2) is 4.18. The minimum Gasteiger partial charge on any atom is -0.395 e. The lowest BCUT2D eigenvalue weighted by Crippen LogP contribution is -1.99. The van der Waals surface area contributed by atoms with E-state index in [2.05, 4.69) is 5.32 Å². The molecule has 0 aliphatic heterocycles. The Bertz CT molecular complexity index is 512. The third kappa shape index (κ3) is 1.95. The smallest absolute Gasteiger partial charge is 0.148 e. The highest BCUT2D eigenvalue weighted by Crippen LogP contribution is 2.26. The summed E-state index contributed by atoms with van der Waals surface area (Å²) in [5.74, 6) is -0.937. The highest BCUT2D eigenvalue weighted by atomic mass is 19.1. The van der Waals surface area contributed by atoms with Gasteiger partial charge in [-0.2, -0.15) is 0 Å². The Kier molecular flexibility index (Phi) is 2.72. The van der Waals surface area contributed by atoms with Crippen LogP contribution < -0.4 is 11.1 Å². The lowest BCUT2D eigenvalue weighted by Gasteiger charge is -2.10. The van der Waals surface area contributed by atoms with Gasteiger partial charge in [-0.3, -0.25) is 0 Å². The lowest BCUT2D eigenvalue weighted by molar-refractivity contribution is 0.630. The van der Waals surface area contributed by atoms with Crippen LogP contribution in [0.1, 0.15) is 0 Å². The summed E-state index contributed by atoms with van der Waals surface area (Å²) in [7, 11) is 0. The van der Waals surface area contributed by atoms with Gasteiger partial charge in [0.05, 0.1) is 17.1 Å². The van der Waals surface area contributed by atoms with E-state index in [-0.39, 0.29) is 11.4 Å². The van der Waals surface area contributed by atoms with Gasteiger partial charge in [0, 0.05) is 0 Å². The van der Waals surface area contributed by atoms with Gasteiger partial charge in [-0.05, 0) is 24.3 Å². The number of nitrogens with one attached hydrogen (secondary N) is 1. The number of hydrogen-bond donors (Lipinski definition) is 2. The molecule has 0 heterocycles. The normalized spacial score (nSPS) is 10.1. The minimum absolute atomic E-state index is 0.0225. The number of anilines is 3. The molecule has 0 aliphatic carbocycles. The molecule has 16 heavy (non-hydrogen) atoms. The standard InChI is InChI=1S/C12H10F2N2/c13-8-4-1-2-6-10(8)16-11-7-3-5-9(14)12(11)15/h1-7,16H,15H2. The number of rotatable bonds is 2. The van der Waals surface area contributed by atoms with Gasteiger partial charge < -0.3 is 11.1 Å². The molecule has 2 rings (SSSR count). The molecule has 0 saturated heterocycles. The van der Waals surface area contributed by atoms with Crippen molar-refractivity contribution in [3.8, 4) is 0 Å². The van der Waals surface area contributed by atoms with E-state index in [1.165, 1.54) is 18.2 Å². The fourth-order valence-corrected chi connectivity index (χ4v) is 1.35. The summed E-state index contributed by atoms with van der Waals surface area (Å²) in [6, 6.07) is 10.5. The molecule has 0 bridgehead atoms. The first-order chi connectivity index (χ1) is 7.68. The fourth-order valence-electron chi connectivity index (χ4n) is 1.35. The van der Waals surface area contributed by atoms with E-state index in [1.54, 1.807) is 24.3 Å². The molecule has 0 radical (unpaired) electrons. The molecule has 0 aromatic heterocycles. The van der Waals surface area contributed by atoms with Crippen LogP contribution in [0.5, 0.6) is 0 Å². The minimum atomic E-state index is -0.527. The van der Waals surface area contributed by atoms with Crippen molar-refractivity contribution in [3.05, 3.63) is 54.1 Å². The number of benzene rings is 2. The van der Waals surface area contributed by atoms with Gasteiger partial charge in [-0.15, -0.1) is 0 Å². The van der Waals surface area contributed by atoms with Crippen molar-refractivity contribution in [3.63, 3.8) is 0 Å². The predicted molar refractivity (Wildman–Crippen MR) is 60.5 cm³/mol. The zero-order chi connectivity index (χ0) is 11.5. The molecule has 82 valence electrons. The Labute approximate surface area is 91.7 Å². The van der Waals surface area contributed by atoms with Crippen LogP contribution in [0.15, 0.2) is 42.5 Å². The maximum atomic E-state index is 13.3. The molecular formula is C12H10F2N2. The van der Waals surface area contributed by atoms with Crippen molar-refractivity contribution < 1.29 is 8.78 Å². The van der Waals surface area contributed by atoms with Crippen molar-refractivity contribution in [2.45, 2.75) is 0 Å². The first kappa shape index (κ1) is 10.4. The molecule has 0 atom stereocenters. The SMILES string of the molecule is Nc1c(F)cccc1Nc1ccccc1F. The van der Waals surface area contributed by atoms with Gasteiger partial charge in [0.2, 0.25) is 0 Å². The number of para-hydroxylation sites is 2. The quantitative estimate of drug-likeness (QED) is 0.762. The van der Waals surface area contributed by atoms with E-state index in [4.69, 9.17) is 5.73 Å². The maximum Gasteiger partial charge on any atom is 0.148 e. The van der Waals surface area contributed by atoms with E-state index in [9.17, 15) is 8.78 Å². The van der Waals surface area contributed by atoms with Crippen LogP contribution in [-0.4, -0.2) is 0 Å². The van der Waals surface area contributed by atoms with Gasteiger partial charge in [-0.25, -0.2) is 8.78 Å². The summed E-state index contributed by atoms with van der Waals surface area (Å²) in [6.07, 6.45) is 0. The van der Waals surface area contributed by atoms with Gasteiger partial charge in [0.25, 0.3) is 0 Å². The van der Waals surface area contributed by atoms with E-state index in [0.717, 1.165) is 0 Å². The zero-order valence-electron chi connectivity index (χ0n) is 8.37. The van der Waals surface area contributed by atoms with Crippen LogP contribution in [0.25, 0.3) is 0 Å². The van der Waals surface area contributed by atoms with Gasteiger partial charge >= 0.3 is 0 Å². The van der Waals surface area contributed by atoms with Gasteiger partial charge in [0.15, 0.2) is 0 Å². The molecule has 0 spiro atoms. The van der Waals surface area contributed by atoms with E-state index < -0.39 is 11.6 Å². The molecule has 0 saturated carbocycles. The molecular weight excluding hydrogens is 210 g/mol. The topological polar surface area (TPSA) is 38.0 Å². The number of nitrogens with two attached hydrogens (primary N) is 1. The molecule has 0 fully saturated rings. The van der Waals surface area contributed by atoms with Crippen molar-refractivity contribution >= 4 is 17.1 Å². The third-order valence-corrected chi connectivity index (χ3v) is 2.20. The second-order valence-corrected chi connectivity index (χ2v) is 3.31.